The van der Waals surface area contributed by atoms with Gasteiger partial charge in [-0.1, -0.05) is 6.92 Å². The highest BCUT2D eigenvalue weighted by Gasteiger charge is 2.65. The number of carbonyl (C=O) groups is 2. The number of alkyl halides is 2. The molecular weight excluding hydrogens is 260 g/mol. The van der Waals surface area contributed by atoms with Crippen molar-refractivity contribution in [3.8, 4) is 0 Å². The predicted molar refractivity (Wildman–Crippen MR) is 63.1 cm³/mol. The molecule has 0 radical (unpaired) electrons. The largest absolute Gasteiger partial charge is 0.481 e. The normalized spacial score (nSPS) is 26.3. The molecule has 1 rings (SSSR count). The second kappa shape index (κ2) is 4.61. The molecule has 0 spiro atoms. The minimum atomic E-state index is -3.47. The van der Waals surface area contributed by atoms with Crippen LogP contribution in [0.2, 0.25) is 0 Å². The van der Waals surface area contributed by atoms with Gasteiger partial charge in [0, 0.05) is 6.54 Å². The Hall–Kier alpha value is -1.40. The molecule has 1 fully saturated rings. The Bertz CT molecular complexity index is 392. The minimum Gasteiger partial charge on any atom is -0.481 e. The number of carboxylic acid groups (broad SMARTS) is 1. The smallest absolute Gasteiger partial charge is 0.410 e. The van der Waals surface area contributed by atoms with E-state index in [9.17, 15) is 18.4 Å². The third-order valence-corrected chi connectivity index (χ3v) is 3.21. The molecule has 7 heteroatoms. The van der Waals surface area contributed by atoms with Crippen LogP contribution in [0, 0.1) is 5.41 Å². The van der Waals surface area contributed by atoms with Crippen molar-refractivity contribution in [3.63, 3.8) is 0 Å². The molecule has 1 aliphatic rings. The van der Waals surface area contributed by atoms with Gasteiger partial charge >= 0.3 is 12.1 Å². The molecule has 1 saturated heterocycles. The van der Waals surface area contributed by atoms with Gasteiger partial charge in [-0.15, -0.1) is 0 Å². The Labute approximate surface area is 110 Å². The maximum Gasteiger partial charge on any atom is 0.410 e. The average molecular weight is 279 g/mol. The van der Waals surface area contributed by atoms with Crippen LogP contribution in [0.5, 0.6) is 0 Å². The maximum absolute atomic E-state index is 13.9. The summed E-state index contributed by atoms with van der Waals surface area (Å²) in [5.41, 5.74) is -3.04. The van der Waals surface area contributed by atoms with Crippen LogP contribution < -0.4 is 0 Å². The molecule has 0 bridgehead atoms. The zero-order valence-corrected chi connectivity index (χ0v) is 11.5. The molecule has 0 saturated carbocycles. The molecule has 0 aromatic rings. The Balaban J connectivity index is 2.95. The Morgan fingerprint density at radius 3 is 2.16 bits per heavy atom. The summed E-state index contributed by atoms with van der Waals surface area (Å²) in [5.74, 6) is -5.06. The van der Waals surface area contributed by atoms with Gasteiger partial charge in [0.2, 0.25) is 0 Å². The SMILES string of the molecule is CCC1(C(=O)O)CN(C(=O)OC(C)(C)C)CC1(F)F. The number of hydrogen-bond donors (Lipinski definition) is 1. The first-order valence-corrected chi connectivity index (χ1v) is 6.04. The Morgan fingerprint density at radius 1 is 1.32 bits per heavy atom. The standard InChI is InChI=1S/C12H19F2NO4/c1-5-11(8(16)17)6-15(7-12(11,13)14)9(18)19-10(2,3)4/h5-7H2,1-4H3,(H,16,17). The van der Waals surface area contributed by atoms with E-state index >= 15 is 0 Å². The van der Waals surface area contributed by atoms with Crippen LogP contribution in [0.4, 0.5) is 13.6 Å². The van der Waals surface area contributed by atoms with Crippen LogP contribution in [0.25, 0.3) is 0 Å². The monoisotopic (exact) mass is 279 g/mol. The Kier molecular flexibility index (Phi) is 3.80. The van der Waals surface area contributed by atoms with Gasteiger partial charge in [-0.25, -0.2) is 13.6 Å². The van der Waals surface area contributed by atoms with E-state index in [2.05, 4.69) is 0 Å². The first-order chi connectivity index (χ1) is 8.45. The lowest BCUT2D eigenvalue weighted by molar-refractivity contribution is -0.168. The van der Waals surface area contributed by atoms with E-state index in [0.717, 1.165) is 4.90 Å². The first kappa shape index (κ1) is 15.7. The van der Waals surface area contributed by atoms with Crippen LogP contribution in [-0.4, -0.2) is 46.7 Å². The summed E-state index contributed by atoms with van der Waals surface area (Å²) in [5, 5.41) is 9.07. The third-order valence-electron chi connectivity index (χ3n) is 3.21. The molecule has 1 unspecified atom stereocenters. The quantitative estimate of drug-likeness (QED) is 0.842. The molecular formula is C12H19F2NO4. The van der Waals surface area contributed by atoms with E-state index in [1.165, 1.54) is 6.92 Å². The second-order valence-corrected chi connectivity index (χ2v) is 5.78. The van der Waals surface area contributed by atoms with Gasteiger partial charge in [-0.05, 0) is 27.2 Å². The number of aliphatic carboxylic acids is 1. The lowest BCUT2D eigenvalue weighted by Crippen LogP contribution is -2.46. The fourth-order valence-corrected chi connectivity index (χ4v) is 2.09. The van der Waals surface area contributed by atoms with E-state index < -0.39 is 42.1 Å². The van der Waals surface area contributed by atoms with E-state index in [4.69, 9.17) is 9.84 Å². The highest BCUT2D eigenvalue weighted by atomic mass is 19.3. The molecule has 0 aromatic heterocycles. The van der Waals surface area contributed by atoms with E-state index in [1.807, 2.05) is 0 Å². The van der Waals surface area contributed by atoms with Crippen LogP contribution >= 0.6 is 0 Å². The fourth-order valence-electron chi connectivity index (χ4n) is 2.09. The number of carbonyl (C=O) groups excluding carboxylic acids is 1. The summed E-state index contributed by atoms with van der Waals surface area (Å²) < 4.78 is 32.8. The number of nitrogens with zero attached hydrogens (tertiary/aromatic N) is 1. The number of amides is 1. The van der Waals surface area contributed by atoms with E-state index in [-0.39, 0.29) is 6.42 Å². The summed E-state index contributed by atoms with van der Waals surface area (Å²) in [6, 6.07) is 0. The number of likely N-dealkylation sites (tertiary alicyclic amines) is 1. The van der Waals surface area contributed by atoms with E-state index in [0.29, 0.717) is 0 Å². The van der Waals surface area contributed by atoms with E-state index in [1.54, 1.807) is 20.8 Å². The van der Waals surface area contributed by atoms with Crippen molar-refractivity contribution < 1.29 is 28.2 Å². The molecule has 1 amide bonds. The van der Waals surface area contributed by atoms with Crippen molar-refractivity contribution in [2.75, 3.05) is 13.1 Å². The van der Waals surface area contributed by atoms with Crippen molar-refractivity contribution in [3.05, 3.63) is 0 Å². The first-order valence-electron chi connectivity index (χ1n) is 6.04. The van der Waals surface area contributed by atoms with Crippen molar-refractivity contribution in [2.24, 2.45) is 5.41 Å². The molecule has 110 valence electrons. The topological polar surface area (TPSA) is 66.8 Å². The van der Waals surface area contributed by atoms with Crippen LogP contribution in [0.1, 0.15) is 34.1 Å². The number of rotatable bonds is 2. The van der Waals surface area contributed by atoms with Gasteiger partial charge in [0.25, 0.3) is 5.92 Å². The van der Waals surface area contributed by atoms with Gasteiger partial charge in [0.15, 0.2) is 5.41 Å². The minimum absolute atomic E-state index is 0.255. The highest BCUT2D eigenvalue weighted by molar-refractivity contribution is 5.79. The maximum atomic E-state index is 13.9. The van der Waals surface area contributed by atoms with Crippen molar-refractivity contribution in [1.82, 2.24) is 4.90 Å². The van der Waals surface area contributed by atoms with Gasteiger partial charge < -0.3 is 14.7 Å². The predicted octanol–water partition coefficient (Wildman–Crippen LogP) is 2.35. The van der Waals surface area contributed by atoms with Crippen LogP contribution in [0.15, 0.2) is 0 Å². The molecule has 1 atom stereocenters. The van der Waals surface area contributed by atoms with Gasteiger partial charge in [-0.3, -0.25) is 4.79 Å². The van der Waals surface area contributed by atoms with Crippen LogP contribution in [0.3, 0.4) is 0 Å². The van der Waals surface area contributed by atoms with Crippen LogP contribution in [-0.2, 0) is 9.53 Å². The molecule has 1 aliphatic heterocycles. The number of ether oxygens (including phenoxy) is 1. The summed E-state index contributed by atoms with van der Waals surface area (Å²) in [7, 11) is 0. The molecule has 1 N–H and O–H groups in total. The summed E-state index contributed by atoms with van der Waals surface area (Å²) >= 11 is 0. The second-order valence-electron chi connectivity index (χ2n) is 5.78. The summed E-state index contributed by atoms with van der Waals surface area (Å²) in [6.45, 7) is 4.75. The number of halogens is 2. The fraction of sp³-hybridized carbons (Fsp3) is 0.833. The van der Waals surface area contributed by atoms with Gasteiger partial charge in [-0.2, -0.15) is 0 Å². The van der Waals surface area contributed by atoms with Crippen molar-refractivity contribution >= 4 is 12.1 Å². The zero-order valence-electron chi connectivity index (χ0n) is 11.5. The molecule has 0 aromatic carbocycles. The lowest BCUT2D eigenvalue weighted by atomic mass is 9.81. The average Bonchev–Trinajstić information content (AvgIpc) is 2.48. The lowest BCUT2D eigenvalue weighted by Gasteiger charge is -2.27. The van der Waals surface area contributed by atoms with Crippen molar-refractivity contribution in [2.45, 2.75) is 45.6 Å². The molecule has 19 heavy (non-hydrogen) atoms. The van der Waals surface area contributed by atoms with Gasteiger partial charge in [0.05, 0.1) is 6.54 Å². The summed E-state index contributed by atoms with van der Waals surface area (Å²) in [6.07, 6.45) is -1.17. The Morgan fingerprint density at radius 2 is 1.84 bits per heavy atom. The third kappa shape index (κ3) is 2.79. The number of carboxylic acids is 1. The zero-order chi connectivity index (χ0) is 15.1. The molecule has 5 nitrogen and oxygen atoms in total. The van der Waals surface area contributed by atoms with Crippen molar-refractivity contribution in [1.29, 1.82) is 0 Å². The molecule has 1 heterocycles. The highest BCUT2D eigenvalue weighted by Crippen LogP contribution is 2.46. The number of hydrogen-bond acceptors (Lipinski definition) is 3. The van der Waals surface area contributed by atoms with Gasteiger partial charge in [0.1, 0.15) is 5.60 Å². The molecule has 0 aliphatic carbocycles. The summed E-state index contributed by atoms with van der Waals surface area (Å²) in [4.78, 5) is 23.7.